The SMILES string of the molecule is CC(C=O)c1cc(OC(F)F)ccc1C=O. The van der Waals surface area contributed by atoms with Crippen molar-refractivity contribution < 1.29 is 23.1 Å². The number of benzene rings is 1. The van der Waals surface area contributed by atoms with E-state index in [4.69, 9.17) is 0 Å². The molecule has 0 aliphatic heterocycles. The zero-order chi connectivity index (χ0) is 12.1. The number of carbonyl (C=O) groups excluding carboxylic acids is 2. The summed E-state index contributed by atoms with van der Waals surface area (Å²) in [6.45, 7) is -1.36. The van der Waals surface area contributed by atoms with Gasteiger partial charge in [0.15, 0.2) is 0 Å². The van der Waals surface area contributed by atoms with E-state index in [0.29, 0.717) is 23.7 Å². The molecule has 5 heteroatoms. The first-order chi connectivity index (χ1) is 7.58. The standard InChI is InChI=1S/C11H10F2O3/c1-7(5-14)10-4-9(16-11(12)13)3-2-8(10)6-15/h2-7,11H,1H3. The van der Waals surface area contributed by atoms with E-state index in [-0.39, 0.29) is 5.75 Å². The van der Waals surface area contributed by atoms with Gasteiger partial charge >= 0.3 is 6.61 Å². The molecule has 1 rings (SSSR count). The van der Waals surface area contributed by atoms with Crippen LogP contribution in [0.4, 0.5) is 8.78 Å². The molecule has 1 aromatic carbocycles. The van der Waals surface area contributed by atoms with Gasteiger partial charge in [-0.2, -0.15) is 8.78 Å². The first-order valence-corrected chi connectivity index (χ1v) is 4.57. The number of ether oxygens (including phenoxy) is 1. The molecule has 1 atom stereocenters. The van der Waals surface area contributed by atoms with E-state index in [1.54, 1.807) is 6.92 Å². The zero-order valence-corrected chi connectivity index (χ0v) is 8.52. The first kappa shape index (κ1) is 12.3. The maximum Gasteiger partial charge on any atom is 0.387 e. The van der Waals surface area contributed by atoms with Gasteiger partial charge in [-0.1, -0.05) is 6.92 Å². The van der Waals surface area contributed by atoms with E-state index in [0.717, 1.165) is 0 Å². The third-order valence-electron chi connectivity index (χ3n) is 2.11. The highest BCUT2D eigenvalue weighted by atomic mass is 19.3. The third kappa shape index (κ3) is 2.85. The molecule has 0 bridgehead atoms. The van der Waals surface area contributed by atoms with Crippen molar-refractivity contribution in [1.29, 1.82) is 0 Å². The van der Waals surface area contributed by atoms with Crippen LogP contribution in [0.15, 0.2) is 18.2 Å². The topological polar surface area (TPSA) is 43.4 Å². The Bertz CT molecular complexity index is 391. The summed E-state index contributed by atoms with van der Waals surface area (Å²) in [6, 6.07) is 3.88. The van der Waals surface area contributed by atoms with Crippen molar-refractivity contribution in [3.63, 3.8) is 0 Å². The van der Waals surface area contributed by atoms with Crippen LogP contribution in [-0.2, 0) is 4.79 Å². The van der Waals surface area contributed by atoms with Gasteiger partial charge in [-0.25, -0.2) is 0 Å². The predicted molar refractivity (Wildman–Crippen MR) is 52.9 cm³/mol. The fourth-order valence-electron chi connectivity index (χ4n) is 1.30. The van der Waals surface area contributed by atoms with Crippen molar-refractivity contribution in [2.24, 2.45) is 0 Å². The van der Waals surface area contributed by atoms with Gasteiger partial charge in [0.05, 0.1) is 0 Å². The smallest absolute Gasteiger partial charge is 0.387 e. The molecule has 16 heavy (non-hydrogen) atoms. The molecule has 0 amide bonds. The lowest BCUT2D eigenvalue weighted by Crippen LogP contribution is -2.05. The molecule has 3 nitrogen and oxygen atoms in total. The van der Waals surface area contributed by atoms with Crippen molar-refractivity contribution in [3.05, 3.63) is 29.3 Å². The molecule has 0 aromatic heterocycles. The van der Waals surface area contributed by atoms with E-state index in [9.17, 15) is 18.4 Å². The maximum absolute atomic E-state index is 12.0. The summed E-state index contributed by atoms with van der Waals surface area (Å²) in [5.74, 6) is -0.606. The molecule has 0 aliphatic carbocycles. The number of halogens is 2. The number of hydrogen-bond acceptors (Lipinski definition) is 3. The fraction of sp³-hybridized carbons (Fsp3) is 0.273. The Balaban J connectivity index is 3.10. The van der Waals surface area contributed by atoms with Crippen molar-refractivity contribution in [3.8, 4) is 5.75 Å². The van der Waals surface area contributed by atoms with Crippen LogP contribution >= 0.6 is 0 Å². The summed E-state index contributed by atoms with van der Waals surface area (Å²) >= 11 is 0. The van der Waals surface area contributed by atoms with Crippen LogP contribution in [0.3, 0.4) is 0 Å². The largest absolute Gasteiger partial charge is 0.435 e. The summed E-state index contributed by atoms with van der Waals surface area (Å²) in [4.78, 5) is 21.3. The third-order valence-corrected chi connectivity index (χ3v) is 2.11. The van der Waals surface area contributed by atoms with Crippen LogP contribution in [0, 0.1) is 0 Å². The lowest BCUT2D eigenvalue weighted by Gasteiger charge is -2.10. The van der Waals surface area contributed by atoms with Crippen LogP contribution in [0.1, 0.15) is 28.8 Å². The lowest BCUT2D eigenvalue weighted by molar-refractivity contribution is -0.108. The van der Waals surface area contributed by atoms with E-state index in [2.05, 4.69) is 4.74 Å². The monoisotopic (exact) mass is 228 g/mol. The molecule has 0 saturated heterocycles. The minimum Gasteiger partial charge on any atom is -0.435 e. The molecule has 0 fully saturated rings. The molecule has 1 aromatic rings. The Morgan fingerprint density at radius 3 is 2.50 bits per heavy atom. The minimum absolute atomic E-state index is 0.0655. The lowest BCUT2D eigenvalue weighted by atomic mass is 9.97. The van der Waals surface area contributed by atoms with Gasteiger partial charge in [-0.15, -0.1) is 0 Å². The summed E-state index contributed by atoms with van der Waals surface area (Å²) in [7, 11) is 0. The molecule has 0 N–H and O–H groups in total. The number of alkyl halides is 2. The van der Waals surface area contributed by atoms with E-state index >= 15 is 0 Å². The van der Waals surface area contributed by atoms with Crippen molar-refractivity contribution in [2.75, 3.05) is 0 Å². The van der Waals surface area contributed by atoms with Crippen LogP contribution in [0.2, 0.25) is 0 Å². The highest BCUT2D eigenvalue weighted by molar-refractivity contribution is 5.80. The molecule has 0 saturated carbocycles. The molecule has 1 unspecified atom stereocenters. The Kier molecular flexibility index (Phi) is 4.10. The van der Waals surface area contributed by atoms with Crippen molar-refractivity contribution in [2.45, 2.75) is 19.5 Å². The average molecular weight is 228 g/mol. The molecule has 0 heterocycles. The molecule has 86 valence electrons. The van der Waals surface area contributed by atoms with E-state index < -0.39 is 12.5 Å². The quantitative estimate of drug-likeness (QED) is 0.727. The predicted octanol–water partition coefficient (Wildman–Crippen LogP) is 2.40. The number of hydrogen-bond donors (Lipinski definition) is 0. The summed E-state index contributed by atoms with van der Waals surface area (Å²) in [6.07, 6.45) is 1.20. The van der Waals surface area contributed by atoms with Gasteiger partial charge in [0.1, 0.15) is 18.3 Å². The number of carbonyl (C=O) groups is 2. The fourth-order valence-corrected chi connectivity index (χ4v) is 1.30. The zero-order valence-electron chi connectivity index (χ0n) is 8.52. The number of aldehydes is 2. The van der Waals surface area contributed by atoms with Gasteiger partial charge in [0, 0.05) is 11.5 Å². The summed E-state index contributed by atoms with van der Waals surface area (Å²) in [5.41, 5.74) is 0.671. The molecule has 0 radical (unpaired) electrons. The van der Waals surface area contributed by atoms with E-state index in [1.807, 2.05) is 0 Å². The second-order valence-electron chi connectivity index (χ2n) is 3.21. The Hall–Kier alpha value is -1.78. The van der Waals surface area contributed by atoms with Crippen LogP contribution in [0.25, 0.3) is 0 Å². The Morgan fingerprint density at radius 2 is 2.00 bits per heavy atom. The molecule has 0 spiro atoms. The second-order valence-corrected chi connectivity index (χ2v) is 3.21. The highest BCUT2D eigenvalue weighted by Crippen LogP contribution is 2.24. The maximum atomic E-state index is 12.0. The second kappa shape index (κ2) is 5.34. The van der Waals surface area contributed by atoms with Crippen LogP contribution in [0.5, 0.6) is 5.75 Å². The van der Waals surface area contributed by atoms with Crippen molar-refractivity contribution >= 4 is 12.6 Å². The minimum atomic E-state index is -2.93. The Labute approximate surface area is 91.0 Å². The van der Waals surface area contributed by atoms with Gasteiger partial charge in [-0.05, 0) is 23.8 Å². The summed E-state index contributed by atoms with van der Waals surface area (Å²) < 4.78 is 28.1. The van der Waals surface area contributed by atoms with Gasteiger partial charge in [0.2, 0.25) is 0 Å². The average Bonchev–Trinajstić information content (AvgIpc) is 2.27. The molecular formula is C11H10F2O3. The summed E-state index contributed by atoms with van der Waals surface area (Å²) in [5, 5.41) is 0. The van der Waals surface area contributed by atoms with Crippen LogP contribution in [-0.4, -0.2) is 19.2 Å². The Morgan fingerprint density at radius 1 is 1.31 bits per heavy atom. The molecule has 0 aliphatic rings. The first-order valence-electron chi connectivity index (χ1n) is 4.57. The highest BCUT2D eigenvalue weighted by Gasteiger charge is 2.12. The normalized spacial score (nSPS) is 12.2. The molecular weight excluding hydrogens is 218 g/mol. The van der Waals surface area contributed by atoms with E-state index in [1.165, 1.54) is 18.2 Å². The van der Waals surface area contributed by atoms with Gasteiger partial charge in [-0.3, -0.25) is 4.79 Å². The van der Waals surface area contributed by atoms with Gasteiger partial charge < -0.3 is 9.53 Å². The van der Waals surface area contributed by atoms with Gasteiger partial charge in [0.25, 0.3) is 0 Å². The number of rotatable bonds is 5. The van der Waals surface area contributed by atoms with Crippen molar-refractivity contribution in [1.82, 2.24) is 0 Å². The van der Waals surface area contributed by atoms with Crippen LogP contribution < -0.4 is 4.74 Å².